The monoisotopic (exact) mass is 422 g/mol. The van der Waals surface area contributed by atoms with E-state index in [4.69, 9.17) is 23.2 Å². The highest BCUT2D eigenvalue weighted by Gasteiger charge is 2.39. The van der Waals surface area contributed by atoms with Crippen molar-refractivity contribution >= 4 is 33.2 Å². The lowest BCUT2D eigenvalue weighted by atomic mass is 10.1. The molecule has 0 atom stereocenters. The minimum absolute atomic E-state index is 0.0584. The lowest BCUT2D eigenvalue weighted by Crippen LogP contribution is -2.50. The molecule has 0 bridgehead atoms. The van der Waals surface area contributed by atoms with Crippen molar-refractivity contribution in [1.82, 2.24) is 19.3 Å². The fraction of sp³-hybridized carbons (Fsp3) is 0.222. The normalized spacial score (nSPS) is 15.7. The molecule has 0 spiro atoms. The molecule has 0 amide bonds. The van der Waals surface area contributed by atoms with Gasteiger partial charge in [0.05, 0.1) is 17.3 Å². The highest BCUT2D eigenvalue weighted by atomic mass is 35.5. The van der Waals surface area contributed by atoms with Crippen LogP contribution in [0.5, 0.6) is 0 Å². The Bertz CT molecular complexity index is 1090. The summed E-state index contributed by atoms with van der Waals surface area (Å²) in [7, 11) is -3.68. The van der Waals surface area contributed by atoms with E-state index in [0.717, 1.165) is 11.3 Å². The minimum Gasteiger partial charge on any atom is -0.246 e. The van der Waals surface area contributed by atoms with E-state index in [0.29, 0.717) is 23.7 Å². The number of rotatable bonds is 4. The van der Waals surface area contributed by atoms with Gasteiger partial charge in [-0.25, -0.2) is 13.1 Å². The van der Waals surface area contributed by atoms with E-state index in [1.54, 1.807) is 11.6 Å². The number of nitrogens with zero attached hydrogens (tertiary/aromatic N) is 4. The van der Waals surface area contributed by atoms with Crippen LogP contribution in [0.15, 0.2) is 53.6 Å². The molecule has 9 heteroatoms. The van der Waals surface area contributed by atoms with Crippen LogP contribution in [0.4, 0.5) is 0 Å². The van der Waals surface area contributed by atoms with Gasteiger partial charge in [-0.1, -0.05) is 58.7 Å². The Morgan fingerprint density at radius 3 is 2.48 bits per heavy atom. The summed E-state index contributed by atoms with van der Waals surface area (Å²) in [6.07, 6.45) is 1.84. The lowest BCUT2D eigenvalue weighted by molar-refractivity contribution is 0.189. The number of benzene rings is 2. The van der Waals surface area contributed by atoms with Crippen LogP contribution in [0, 0.1) is 6.92 Å². The molecular formula is C18H16Cl2N4O2S. The van der Waals surface area contributed by atoms with Gasteiger partial charge in [-0.15, -0.1) is 5.10 Å². The third-order valence-corrected chi connectivity index (χ3v) is 7.32. The first-order valence-electron chi connectivity index (χ1n) is 8.29. The molecule has 4 rings (SSSR count). The molecule has 1 aliphatic heterocycles. The molecule has 3 aromatic rings. The molecule has 0 aliphatic carbocycles. The molecule has 1 aromatic heterocycles. The van der Waals surface area contributed by atoms with Crippen LogP contribution in [0.1, 0.15) is 11.6 Å². The maximum atomic E-state index is 12.9. The minimum atomic E-state index is -3.68. The van der Waals surface area contributed by atoms with Crippen molar-refractivity contribution in [3.8, 4) is 11.3 Å². The summed E-state index contributed by atoms with van der Waals surface area (Å²) in [6, 6.07) is 12.6. The average molecular weight is 423 g/mol. The first kappa shape index (κ1) is 18.4. The SMILES string of the molecule is Cc1cc(S(=O)(=O)N2CC(n3cc(-c4ccccc4)nn3)C2)c(Cl)cc1Cl. The van der Waals surface area contributed by atoms with Crippen LogP contribution in [-0.2, 0) is 10.0 Å². The van der Waals surface area contributed by atoms with Crippen molar-refractivity contribution in [2.45, 2.75) is 17.9 Å². The molecule has 1 fully saturated rings. The Hall–Kier alpha value is -1.93. The van der Waals surface area contributed by atoms with Crippen molar-refractivity contribution in [3.63, 3.8) is 0 Å². The number of hydrogen-bond donors (Lipinski definition) is 0. The zero-order valence-corrected chi connectivity index (χ0v) is 16.7. The molecule has 0 N–H and O–H groups in total. The molecule has 2 aromatic carbocycles. The standard InChI is InChI=1S/C18H16Cl2N4O2S/c1-12-7-18(16(20)8-15(12)19)27(25,26)23-9-14(10-23)24-11-17(21-22-24)13-5-3-2-4-6-13/h2-8,11,14H,9-10H2,1H3. The second-order valence-corrected chi connectivity index (χ2v) is 9.18. The highest BCUT2D eigenvalue weighted by molar-refractivity contribution is 7.89. The number of hydrogen-bond acceptors (Lipinski definition) is 4. The van der Waals surface area contributed by atoms with Gasteiger partial charge in [0.2, 0.25) is 10.0 Å². The Morgan fingerprint density at radius 2 is 1.78 bits per heavy atom. The average Bonchev–Trinajstić information content (AvgIpc) is 3.07. The predicted octanol–water partition coefficient (Wildman–Crippen LogP) is 3.81. The third-order valence-electron chi connectivity index (χ3n) is 4.61. The summed E-state index contributed by atoms with van der Waals surface area (Å²) < 4.78 is 28.8. The topological polar surface area (TPSA) is 68.1 Å². The van der Waals surface area contributed by atoms with E-state index < -0.39 is 10.0 Å². The molecule has 6 nitrogen and oxygen atoms in total. The highest BCUT2D eigenvalue weighted by Crippen LogP contribution is 2.34. The van der Waals surface area contributed by atoms with Crippen LogP contribution in [0.25, 0.3) is 11.3 Å². The van der Waals surface area contributed by atoms with E-state index in [1.165, 1.54) is 16.4 Å². The lowest BCUT2D eigenvalue weighted by Gasteiger charge is -2.37. The molecule has 0 radical (unpaired) electrons. The number of aryl methyl sites for hydroxylation is 1. The second-order valence-electron chi connectivity index (χ2n) is 6.46. The van der Waals surface area contributed by atoms with Crippen LogP contribution >= 0.6 is 23.2 Å². The van der Waals surface area contributed by atoms with Crippen LogP contribution in [0.2, 0.25) is 10.0 Å². The van der Waals surface area contributed by atoms with Gasteiger partial charge < -0.3 is 0 Å². The molecule has 0 unspecified atom stereocenters. The maximum absolute atomic E-state index is 12.9. The maximum Gasteiger partial charge on any atom is 0.244 e. The first-order chi connectivity index (χ1) is 12.9. The Balaban J connectivity index is 1.51. The largest absolute Gasteiger partial charge is 0.246 e. The Labute approximate surface area is 167 Å². The summed E-state index contributed by atoms with van der Waals surface area (Å²) in [6.45, 7) is 2.38. The van der Waals surface area contributed by atoms with Gasteiger partial charge in [-0.3, -0.25) is 0 Å². The summed E-state index contributed by atoms with van der Waals surface area (Å²) in [4.78, 5) is 0.0769. The number of aromatic nitrogens is 3. The summed E-state index contributed by atoms with van der Waals surface area (Å²) in [5, 5.41) is 8.90. The molecule has 1 saturated heterocycles. The number of sulfonamides is 1. The van der Waals surface area contributed by atoms with E-state index >= 15 is 0 Å². The fourth-order valence-corrected chi connectivity index (χ4v) is 5.27. The van der Waals surface area contributed by atoms with Crippen LogP contribution in [-0.4, -0.2) is 40.8 Å². The fourth-order valence-electron chi connectivity index (χ4n) is 2.94. The molecule has 0 saturated carbocycles. The van der Waals surface area contributed by atoms with Crippen molar-refractivity contribution in [3.05, 3.63) is 64.3 Å². The van der Waals surface area contributed by atoms with Gasteiger partial charge in [-0.2, -0.15) is 4.31 Å². The van der Waals surface area contributed by atoms with Crippen LogP contribution < -0.4 is 0 Å². The molecule has 1 aliphatic rings. The van der Waals surface area contributed by atoms with E-state index in [2.05, 4.69) is 10.3 Å². The zero-order chi connectivity index (χ0) is 19.2. The number of halogens is 2. The van der Waals surface area contributed by atoms with Gasteiger partial charge in [0.15, 0.2) is 0 Å². The Morgan fingerprint density at radius 1 is 1.07 bits per heavy atom. The first-order valence-corrected chi connectivity index (χ1v) is 10.5. The van der Waals surface area contributed by atoms with Gasteiger partial charge in [0, 0.05) is 23.7 Å². The van der Waals surface area contributed by atoms with Crippen molar-refractivity contribution < 1.29 is 8.42 Å². The quantitative estimate of drug-likeness (QED) is 0.640. The van der Waals surface area contributed by atoms with E-state index in [1.807, 2.05) is 36.5 Å². The van der Waals surface area contributed by atoms with Crippen molar-refractivity contribution in [2.24, 2.45) is 0 Å². The Kier molecular flexibility index (Phi) is 4.71. The van der Waals surface area contributed by atoms with Gasteiger partial charge in [0.1, 0.15) is 10.6 Å². The summed E-state index contributed by atoms with van der Waals surface area (Å²) in [5.74, 6) is 0. The van der Waals surface area contributed by atoms with Crippen LogP contribution in [0.3, 0.4) is 0 Å². The molecule has 140 valence electrons. The molecular weight excluding hydrogens is 407 g/mol. The van der Waals surface area contributed by atoms with Gasteiger partial charge >= 0.3 is 0 Å². The van der Waals surface area contributed by atoms with E-state index in [9.17, 15) is 8.42 Å². The predicted molar refractivity (Wildman–Crippen MR) is 104 cm³/mol. The molecule has 2 heterocycles. The second kappa shape index (κ2) is 6.91. The smallest absolute Gasteiger partial charge is 0.244 e. The summed E-state index contributed by atoms with van der Waals surface area (Å²) >= 11 is 12.1. The third kappa shape index (κ3) is 3.36. The zero-order valence-electron chi connectivity index (χ0n) is 14.4. The van der Waals surface area contributed by atoms with Crippen molar-refractivity contribution in [1.29, 1.82) is 0 Å². The summed E-state index contributed by atoms with van der Waals surface area (Å²) in [5.41, 5.74) is 2.39. The van der Waals surface area contributed by atoms with Crippen molar-refractivity contribution in [2.75, 3.05) is 13.1 Å². The van der Waals surface area contributed by atoms with E-state index in [-0.39, 0.29) is 16.0 Å². The van der Waals surface area contributed by atoms with Gasteiger partial charge in [0.25, 0.3) is 0 Å². The molecule has 27 heavy (non-hydrogen) atoms. The van der Waals surface area contributed by atoms with Gasteiger partial charge in [-0.05, 0) is 24.6 Å².